The number of ketones is 1. The van der Waals surface area contributed by atoms with Gasteiger partial charge in [-0.05, 0) is 37.1 Å². The molecule has 0 N–H and O–H groups in total. The molecule has 1 unspecified atom stereocenters. The van der Waals surface area contributed by atoms with Crippen LogP contribution in [-0.4, -0.2) is 25.4 Å². The lowest BCUT2D eigenvalue weighted by Crippen LogP contribution is -2.25. The standard InChI is InChI=1S/C18H22N2O2S/c1-13(21)16(17(22)23-18(2,3)4)12-14-6-8-15(9-7-14)20-11-5-10-19-20/h5-11,16H,12H2,1-4H3. The van der Waals surface area contributed by atoms with Crippen molar-refractivity contribution < 1.29 is 9.59 Å². The molecule has 0 amide bonds. The van der Waals surface area contributed by atoms with Crippen LogP contribution in [0.5, 0.6) is 0 Å². The highest BCUT2D eigenvalue weighted by Crippen LogP contribution is 2.29. The molecule has 5 heteroatoms. The zero-order valence-corrected chi connectivity index (χ0v) is 14.8. The summed E-state index contributed by atoms with van der Waals surface area (Å²) >= 11 is 1.24. The van der Waals surface area contributed by atoms with Gasteiger partial charge < -0.3 is 0 Å². The molecule has 4 nitrogen and oxygen atoms in total. The molecule has 0 fully saturated rings. The molecular weight excluding hydrogens is 308 g/mol. The summed E-state index contributed by atoms with van der Waals surface area (Å²) in [5.41, 5.74) is 1.93. The van der Waals surface area contributed by atoms with Gasteiger partial charge in [-0.25, -0.2) is 4.68 Å². The number of hydrogen-bond acceptors (Lipinski definition) is 4. The SMILES string of the molecule is CC(=O)C(Cc1ccc(-n2cccn2)cc1)C(=O)SC(C)(C)C. The van der Waals surface area contributed by atoms with E-state index in [2.05, 4.69) is 5.10 Å². The van der Waals surface area contributed by atoms with Gasteiger partial charge in [-0.3, -0.25) is 9.59 Å². The molecule has 0 aliphatic rings. The Morgan fingerprint density at radius 1 is 1.22 bits per heavy atom. The van der Waals surface area contributed by atoms with Gasteiger partial charge in [0.2, 0.25) is 0 Å². The van der Waals surface area contributed by atoms with Crippen molar-refractivity contribution in [1.29, 1.82) is 0 Å². The Labute approximate surface area is 141 Å². The van der Waals surface area contributed by atoms with Crippen LogP contribution >= 0.6 is 11.8 Å². The van der Waals surface area contributed by atoms with E-state index in [0.717, 1.165) is 11.3 Å². The Hall–Kier alpha value is -1.88. The van der Waals surface area contributed by atoms with Gasteiger partial charge in [-0.1, -0.05) is 44.7 Å². The van der Waals surface area contributed by atoms with E-state index in [0.29, 0.717) is 6.42 Å². The van der Waals surface area contributed by atoms with Crippen LogP contribution in [-0.2, 0) is 16.0 Å². The molecule has 1 heterocycles. The van der Waals surface area contributed by atoms with Gasteiger partial charge in [0.25, 0.3) is 0 Å². The van der Waals surface area contributed by atoms with Crippen molar-refractivity contribution in [1.82, 2.24) is 9.78 Å². The maximum atomic E-state index is 12.4. The highest BCUT2D eigenvalue weighted by molar-refractivity contribution is 8.14. The Bertz CT molecular complexity index is 670. The summed E-state index contributed by atoms with van der Waals surface area (Å²) in [5, 5.41) is 4.12. The van der Waals surface area contributed by atoms with Crippen LogP contribution in [0.1, 0.15) is 33.3 Å². The van der Waals surface area contributed by atoms with Crippen molar-refractivity contribution in [2.45, 2.75) is 38.9 Å². The lowest BCUT2D eigenvalue weighted by molar-refractivity contribution is -0.127. The third-order valence-corrected chi connectivity index (χ3v) is 4.43. The van der Waals surface area contributed by atoms with Crippen molar-refractivity contribution in [3.05, 3.63) is 48.3 Å². The number of hydrogen-bond donors (Lipinski definition) is 0. The Morgan fingerprint density at radius 2 is 1.87 bits per heavy atom. The van der Waals surface area contributed by atoms with Crippen LogP contribution in [0.15, 0.2) is 42.7 Å². The van der Waals surface area contributed by atoms with Crippen molar-refractivity contribution >= 4 is 22.7 Å². The Kier molecular flexibility index (Phi) is 5.42. The fourth-order valence-electron chi connectivity index (χ4n) is 2.21. The van der Waals surface area contributed by atoms with Gasteiger partial charge in [0.15, 0.2) is 5.12 Å². The second-order valence-electron chi connectivity index (χ2n) is 6.52. The molecule has 0 radical (unpaired) electrons. The van der Waals surface area contributed by atoms with Crippen LogP contribution in [0, 0.1) is 5.92 Å². The molecular formula is C18H22N2O2S. The van der Waals surface area contributed by atoms with E-state index in [1.165, 1.54) is 18.7 Å². The average Bonchev–Trinajstić information content (AvgIpc) is 2.97. The van der Waals surface area contributed by atoms with Gasteiger partial charge in [-0.2, -0.15) is 5.10 Å². The van der Waals surface area contributed by atoms with Gasteiger partial charge >= 0.3 is 0 Å². The Morgan fingerprint density at radius 3 is 2.35 bits per heavy atom. The number of rotatable bonds is 5. The molecule has 2 rings (SSSR count). The van der Waals surface area contributed by atoms with Gasteiger partial charge in [0.05, 0.1) is 11.6 Å². The van der Waals surface area contributed by atoms with Gasteiger partial charge in [-0.15, -0.1) is 0 Å². The number of carbonyl (C=O) groups is 2. The van der Waals surface area contributed by atoms with E-state index in [4.69, 9.17) is 0 Å². The molecule has 2 aromatic rings. The predicted molar refractivity (Wildman–Crippen MR) is 93.8 cm³/mol. The summed E-state index contributed by atoms with van der Waals surface area (Å²) in [6, 6.07) is 9.65. The summed E-state index contributed by atoms with van der Waals surface area (Å²) in [4.78, 5) is 24.3. The molecule has 1 atom stereocenters. The van der Waals surface area contributed by atoms with Crippen LogP contribution in [0.4, 0.5) is 0 Å². The molecule has 0 spiro atoms. The van der Waals surface area contributed by atoms with Crippen LogP contribution < -0.4 is 0 Å². The minimum Gasteiger partial charge on any atom is -0.299 e. The normalized spacial score (nSPS) is 12.9. The topological polar surface area (TPSA) is 52.0 Å². The number of thioether (sulfide) groups is 1. The van der Waals surface area contributed by atoms with Gasteiger partial charge in [0.1, 0.15) is 5.78 Å². The minimum atomic E-state index is -0.588. The first-order chi connectivity index (χ1) is 10.8. The first-order valence-electron chi connectivity index (χ1n) is 7.58. The molecule has 0 saturated carbocycles. The second kappa shape index (κ2) is 7.13. The first-order valence-corrected chi connectivity index (χ1v) is 8.40. The predicted octanol–water partition coefficient (Wildman–Crippen LogP) is 3.68. The monoisotopic (exact) mass is 330 g/mol. The quantitative estimate of drug-likeness (QED) is 0.785. The highest BCUT2D eigenvalue weighted by Gasteiger charge is 2.28. The summed E-state index contributed by atoms with van der Waals surface area (Å²) in [6.07, 6.45) is 4.04. The van der Waals surface area contributed by atoms with E-state index in [1.807, 2.05) is 57.3 Å². The Balaban J connectivity index is 2.11. The molecule has 23 heavy (non-hydrogen) atoms. The van der Waals surface area contributed by atoms with Crippen LogP contribution in [0.2, 0.25) is 0 Å². The molecule has 0 saturated heterocycles. The third kappa shape index (κ3) is 5.06. The number of Topliss-reactive ketones (excluding diaryl/α,β-unsaturated/α-hetero) is 1. The lowest BCUT2D eigenvalue weighted by Gasteiger charge is -2.20. The van der Waals surface area contributed by atoms with E-state index >= 15 is 0 Å². The lowest BCUT2D eigenvalue weighted by atomic mass is 9.97. The minimum absolute atomic E-state index is 0.0545. The fourth-order valence-corrected chi connectivity index (χ4v) is 3.20. The number of aromatic nitrogens is 2. The smallest absolute Gasteiger partial charge is 0.200 e. The fraction of sp³-hybridized carbons (Fsp3) is 0.389. The molecule has 0 bridgehead atoms. The largest absolute Gasteiger partial charge is 0.299 e. The third-order valence-electron chi connectivity index (χ3n) is 3.33. The molecule has 122 valence electrons. The molecule has 0 aliphatic carbocycles. The van der Waals surface area contributed by atoms with E-state index in [-0.39, 0.29) is 15.6 Å². The summed E-state index contributed by atoms with van der Waals surface area (Å²) in [5.74, 6) is -0.669. The summed E-state index contributed by atoms with van der Waals surface area (Å²) in [6.45, 7) is 7.42. The van der Waals surface area contributed by atoms with E-state index in [1.54, 1.807) is 10.9 Å². The maximum absolute atomic E-state index is 12.4. The number of benzene rings is 1. The second-order valence-corrected chi connectivity index (χ2v) is 8.35. The number of nitrogens with zero attached hydrogens (tertiary/aromatic N) is 2. The average molecular weight is 330 g/mol. The van der Waals surface area contributed by atoms with Crippen molar-refractivity contribution in [3.63, 3.8) is 0 Å². The summed E-state index contributed by atoms with van der Waals surface area (Å²) in [7, 11) is 0. The maximum Gasteiger partial charge on any atom is 0.200 e. The van der Waals surface area contributed by atoms with Crippen molar-refractivity contribution in [3.8, 4) is 5.69 Å². The zero-order chi connectivity index (χ0) is 17.0. The van der Waals surface area contributed by atoms with Crippen LogP contribution in [0.3, 0.4) is 0 Å². The first kappa shape index (κ1) is 17.5. The van der Waals surface area contributed by atoms with Crippen LogP contribution in [0.25, 0.3) is 5.69 Å². The van der Waals surface area contributed by atoms with E-state index < -0.39 is 5.92 Å². The molecule has 1 aromatic heterocycles. The van der Waals surface area contributed by atoms with E-state index in [9.17, 15) is 9.59 Å². The zero-order valence-electron chi connectivity index (χ0n) is 13.9. The molecule has 1 aromatic carbocycles. The van der Waals surface area contributed by atoms with Gasteiger partial charge in [0, 0.05) is 17.1 Å². The molecule has 0 aliphatic heterocycles. The van der Waals surface area contributed by atoms with Crippen molar-refractivity contribution in [2.24, 2.45) is 5.92 Å². The number of carbonyl (C=O) groups excluding carboxylic acids is 2. The van der Waals surface area contributed by atoms with Crippen molar-refractivity contribution in [2.75, 3.05) is 0 Å². The summed E-state index contributed by atoms with van der Waals surface area (Å²) < 4.78 is 1.58. The highest BCUT2D eigenvalue weighted by atomic mass is 32.2.